The number of aromatic nitrogens is 4. The van der Waals surface area contributed by atoms with Crippen LogP contribution in [0, 0.1) is 0 Å². The normalized spacial score (nSPS) is 15.5. The highest BCUT2D eigenvalue weighted by atomic mass is 16.2. The van der Waals surface area contributed by atoms with Crippen molar-refractivity contribution < 1.29 is 4.79 Å². The summed E-state index contributed by atoms with van der Waals surface area (Å²) in [5.74, 6) is 0.125. The molecule has 2 aromatic heterocycles. The van der Waals surface area contributed by atoms with Crippen molar-refractivity contribution in [3.05, 3.63) is 42.4 Å². The van der Waals surface area contributed by atoms with Gasteiger partial charge in [-0.15, -0.1) is 0 Å². The van der Waals surface area contributed by atoms with Crippen LogP contribution >= 0.6 is 0 Å². The topological polar surface area (TPSA) is 67.2 Å². The van der Waals surface area contributed by atoms with Crippen LogP contribution in [0.5, 0.6) is 0 Å². The predicted octanol–water partition coefficient (Wildman–Crippen LogP) is 2.13. The van der Waals surface area contributed by atoms with Gasteiger partial charge >= 0.3 is 0 Å². The fourth-order valence-corrected chi connectivity index (χ4v) is 3.68. The van der Waals surface area contributed by atoms with Gasteiger partial charge in [0, 0.05) is 56.4 Å². The Labute approximate surface area is 165 Å². The molecule has 0 bridgehead atoms. The number of amides is 1. The van der Waals surface area contributed by atoms with E-state index in [2.05, 4.69) is 40.1 Å². The minimum atomic E-state index is 0.125. The largest absolute Gasteiger partial charge is 0.340 e. The van der Waals surface area contributed by atoms with E-state index < -0.39 is 0 Å². The lowest BCUT2D eigenvalue weighted by Crippen LogP contribution is -2.51. The zero-order valence-electron chi connectivity index (χ0n) is 16.7. The van der Waals surface area contributed by atoms with Gasteiger partial charge in [-0.1, -0.05) is 6.07 Å². The van der Waals surface area contributed by atoms with E-state index >= 15 is 0 Å². The Morgan fingerprint density at radius 1 is 1.07 bits per heavy atom. The maximum atomic E-state index is 12.7. The zero-order chi connectivity index (χ0) is 19.7. The molecule has 7 nitrogen and oxygen atoms in total. The molecule has 1 aliphatic heterocycles. The van der Waals surface area contributed by atoms with Gasteiger partial charge in [0.2, 0.25) is 5.91 Å². The van der Waals surface area contributed by atoms with Gasteiger partial charge in [-0.05, 0) is 37.6 Å². The van der Waals surface area contributed by atoms with Crippen molar-refractivity contribution in [2.75, 3.05) is 26.2 Å². The molecule has 146 valence electrons. The number of aryl methyl sites for hydroxylation is 1. The van der Waals surface area contributed by atoms with Gasteiger partial charge in [0.05, 0.1) is 23.8 Å². The quantitative estimate of drug-likeness (QED) is 0.696. The first-order valence-corrected chi connectivity index (χ1v) is 9.77. The molecule has 0 saturated carbocycles. The number of benzene rings is 1. The van der Waals surface area contributed by atoms with Crippen LogP contribution < -0.4 is 0 Å². The van der Waals surface area contributed by atoms with Crippen molar-refractivity contribution in [1.82, 2.24) is 29.8 Å². The number of piperazine rings is 1. The smallest absolute Gasteiger partial charge is 0.228 e. The number of hydrogen-bond donors (Lipinski definition) is 0. The van der Waals surface area contributed by atoms with Crippen LogP contribution in [-0.4, -0.2) is 67.9 Å². The summed E-state index contributed by atoms with van der Waals surface area (Å²) in [7, 11) is 1.90. The molecule has 3 heterocycles. The lowest BCUT2D eigenvalue weighted by atomic mass is 10.1. The van der Waals surface area contributed by atoms with E-state index in [9.17, 15) is 4.79 Å². The molecule has 0 unspecified atom stereocenters. The molecule has 1 aliphatic rings. The average Bonchev–Trinajstić information content (AvgIpc) is 3.14. The van der Waals surface area contributed by atoms with E-state index in [4.69, 9.17) is 0 Å². The van der Waals surface area contributed by atoms with Crippen molar-refractivity contribution in [2.24, 2.45) is 7.05 Å². The second kappa shape index (κ2) is 7.67. The van der Waals surface area contributed by atoms with Crippen LogP contribution in [-0.2, 0) is 18.3 Å². The molecular weight excluding hydrogens is 352 g/mol. The van der Waals surface area contributed by atoms with Crippen LogP contribution in [0.4, 0.5) is 0 Å². The monoisotopic (exact) mass is 378 g/mol. The summed E-state index contributed by atoms with van der Waals surface area (Å²) in [6, 6.07) is 8.56. The molecule has 0 N–H and O–H groups in total. The van der Waals surface area contributed by atoms with E-state index in [0.29, 0.717) is 18.2 Å². The number of carbonyl (C=O) groups excluding carboxylic acids is 1. The lowest BCUT2D eigenvalue weighted by Gasteiger charge is -2.36. The standard InChI is InChI=1S/C21H26N6O/c1-15(2)26-6-8-27(9-7-26)21(28)12-19-11-17-10-16(4-5-20(17)24-23-19)18-13-22-25(3)14-18/h4-5,10-11,13-15H,6-9,12H2,1-3H3. The van der Waals surface area contributed by atoms with Crippen molar-refractivity contribution in [3.63, 3.8) is 0 Å². The minimum Gasteiger partial charge on any atom is -0.340 e. The number of carbonyl (C=O) groups is 1. The molecule has 0 aliphatic carbocycles. The Morgan fingerprint density at radius 3 is 2.54 bits per heavy atom. The van der Waals surface area contributed by atoms with E-state index in [1.807, 2.05) is 42.5 Å². The molecule has 1 fully saturated rings. The molecule has 1 saturated heterocycles. The summed E-state index contributed by atoms with van der Waals surface area (Å²) in [6.07, 6.45) is 4.12. The van der Waals surface area contributed by atoms with Crippen molar-refractivity contribution in [1.29, 1.82) is 0 Å². The molecule has 0 atom stereocenters. The van der Waals surface area contributed by atoms with Crippen molar-refractivity contribution >= 4 is 16.8 Å². The molecular formula is C21H26N6O. The number of hydrogen-bond acceptors (Lipinski definition) is 5. The summed E-state index contributed by atoms with van der Waals surface area (Å²) >= 11 is 0. The van der Waals surface area contributed by atoms with E-state index in [1.54, 1.807) is 4.68 Å². The molecule has 4 rings (SSSR count). The van der Waals surface area contributed by atoms with Crippen LogP contribution in [0.15, 0.2) is 36.7 Å². The molecule has 1 amide bonds. The Bertz CT molecular complexity index is 987. The number of rotatable bonds is 4. The minimum absolute atomic E-state index is 0.125. The molecule has 1 aromatic carbocycles. The third-order valence-corrected chi connectivity index (χ3v) is 5.40. The van der Waals surface area contributed by atoms with Gasteiger partial charge in [-0.25, -0.2) is 0 Å². The zero-order valence-corrected chi connectivity index (χ0v) is 16.7. The Kier molecular flexibility index (Phi) is 5.09. The first-order chi connectivity index (χ1) is 13.5. The summed E-state index contributed by atoms with van der Waals surface area (Å²) in [4.78, 5) is 17.0. The van der Waals surface area contributed by atoms with Gasteiger partial charge < -0.3 is 4.90 Å². The maximum Gasteiger partial charge on any atom is 0.228 e. The SMILES string of the molecule is CC(C)N1CCN(C(=O)Cc2cc3cc(-c4cnn(C)c4)ccc3nn2)CC1. The molecule has 3 aromatic rings. The number of fused-ring (bicyclic) bond motifs is 1. The fourth-order valence-electron chi connectivity index (χ4n) is 3.68. The lowest BCUT2D eigenvalue weighted by molar-refractivity contribution is -0.132. The fraction of sp³-hybridized carbons (Fsp3) is 0.429. The van der Waals surface area contributed by atoms with Crippen LogP contribution in [0.2, 0.25) is 0 Å². The van der Waals surface area contributed by atoms with Crippen LogP contribution in [0.25, 0.3) is 22.0 Å². The van der Waals surface area contributed by atoms with Crippen LogP contribution in [0.3, 0.4) is 0 Å². The summed E-state index contributed by atoms with van der Waals surface area (Å²) in [5.41, 5.74) is 3.68. The first-order valence-electron chi connectivity index (χ1n) is 9.77. The molecule has 0 spiro atoms. The van der Waals surface area contributed by atoms with Crippen molar-refractivity contribution in [3.8, 4) is 11.1 Å². The van der Waals surface area contributed by atoms with Gasteiger partial charge in [0.15, 0.2) is 0 Å². The van der Waals surface area contributed by atoms with Crippen molar-refractivity contribution in [2.45, 2.75) is 26.3 Å². The summed E-state index contributed by atoms with van der Waals surface area (Å²) in [5, 5.41) is 13.8. The molecule has 7 heteroatoms. The summed E-state index contributed by atoms with van der Waals surface area (Å²) in [6.45, 7) is 7.82. The first kappa shape index (κ1) is 18.6. The third-order valence-electron chi connectivity index (χ3n) is 5.40. The Balaban J connectivity index is 1.49. The van der Waals surface area contributed by atoms with Gasteiger partial charge in [-0.3, -0.25) is 14.4 Å². The highest BCUT2D eigenvalue weighted by molar-refractivity contribution is 5.85. The second-order valence-electron chi connectivity index (χ2n) is 7.70. The van der Waals surface area contributed by atoms with Gasteiger partial charge in [0.25, 0.3) is 0 Å². The highest BCUT2D eigenvalue weighted by Gasteiger charge is 2.22. The maximum absolute atomic E-state index is 12.7. The third kappa shape index (κ3) is 3.89. The second-order valence-corrected chi connectivity index (χ2v) is 7.70. The predicted molar refractivity (Wildman–Crippen MR) is 109 cm³/mol. The molecule has 28 heavy (non-hydrogen) atoms. The Hall–Kier alpha value is -2.80. The van der Waals surface area contributed by atoms with E-state index in [1.165, 1.54) is 0 Å². The Morgan fingerprint density at radius 2 is 1.86 bits per heavy atom. The molecule has 0 radical (unpaired) electrons. The number of nitrogens with zero attached hydrogens (tertiary/aromatic N) is 6. The van der Waals surface area contributed by atoms with E-state index in [0.717, 1.165) is 48.2 Å². The van der Waals surface area contributed by atoms with Crippen LogP contribution in [0.1, 0.15) is 19.5 Å². The average molecular weight is 378 g/mol. The highest BCUT2D eigenvalue weighted by Crippen LogP contribution is 2.23. The van der Waals surface area contributed by atoms with E-state index in [-0.39, 0.29) is 5.91 Å². The van der Waals surface area contributed by atoms with Gasteiger partial charge in [-0.2, -0.15) is 15.3 Å². The van der Waals surface area contributed by atoms with Gasteiger partial charge in [0.1, 0.15) is 0 Å². The summed E-state index contributed by atoms with van der Waals surface area (Å²) < 4.78 is 1.79.